The molecule has 0 aliphatic heterocycles. The summed E-state index contributed by atoms with van der Waals surface area (Å²) in [6.07, 6.45) is 1.65. The normalized spacial score (nSPS) is 34.9. The first-order valence-corrected chi connectivity index (χ1v) is 3.73. The fourth-order valence-corrected chi connectivity index (χ4v) is 1.43. The van der Waals surface area contributed by atoms with E-state index < -0.39 is 30.3 Å². The Morgan fingerprint density at radius 2 is 1.73 bits per heavy atom. The Hall–Kier alpha value is 0.0800. The molecule has 0 bridgehead atoms. The van der Waals surface area contributed by atoms with Gasteiger partial charge in [-0.15, -0.1) is 11.6 Å². The summed E-state index contributed by atoms with van der Waals surface area (Å²) in [5.41, 5.74) is -1.29. The van der Waals surface area contributed by atoms with Crippen LogP contribution in [0.15, 0.2) is 0 Å². The van der Waals surface area contributed by atoms with Gasteiger partial charge in [0.2, 0.25) is 0 Å². The van der Waals surface area contributed by atoms with Crippen molar-refractivity contribution in [3.05, 3.63) is 6.42 Å². The van der Waals surface area contributed by atoms with Crippen LogP contribution in [0.1, 0.15) is 6.42 Å². The van der Waals surface area contributed by atoms with Gasteiger partial charge in [0.25, 0.3) is 0 Å². The summed E-state index contributed by atoms with van der Waals surface area (Å²) in [5.74, 6) is 0. The minimum absolute atomic E-state index is 0.230. The second-order valence-electron chi connectivity index (χ2n) is 2.95. The smallest absolute Gasteiger partial charge is 0.110 e. The third kappa shape index (κ3) is 1.05. The van der Waals surface area contributed by atoms with Crippen molar-refractivity contribution in [2.75, 3.05) is 20.0 Å². The fourth-order valence-electron chi connectivity index (χ4n) is 1.18. The maximum atomic E-state index is 12.3. The lowest BCUT2D eigenvalue weighted by Gasteiger charge is -2.51. The summed E-state index contributed by atoms with van der Waals surface area (Å²) in [6.45, 7) is -2.69. The van der Waals surface area contributed by atoms with Crippen LogP contribution < -0.4 is 0 Å². The first kappa shape index (κ1) is 9.17. The van der Waals surface area contributed by atoms with Crippen molar-refractivity contribution < 1.29 is 13.2 Å². The number of halogens is 4. The van der Waals surface area contributed by atoms with Crippen LogP contribution in [0.25, 0.3) is 0 Å². The zero-order chi connectivity index (χ0) is 8.54. The molecule has 0 amide bonds. The molecule has 0 aromatic heterocycles. The van der Waals surface area contributed by atoms with Crippen molar-refractivity contribution >= 4 is 11.6 Å². The minimum atomic E-state index is -1.39. The summed E-state index contributed by atoms with van der Waals surface area (Å²) in [5, 5.41) is 0. The lowest BCUT2D eigenvalue weighted by molar-refractivity contribution is 0.0362. The Bertz CT molecular complexity index is 137. The highest BCUT2D eigenvalue weighted by Crippen LogP contribution is 2.54. The summed E-state index contributed by atoms with van der Waals surface area (Å²) < 4.78 is 36.7. The molecule has 65 valence electrons. The van der Waals surface area contributed by atoms with Crippen LogP contribution in [0.2, 0.25) is 0 Å². The van der Waals surface area contributed by atoms with E-state index in [9.17, 15) is 13.2 Å². The average molecular weight is 186 g/mol. The van der Waals surface area contributed by atoms with E-state index in [0.29, 0.717) is 0 Å². The van der Waals surface area contributed by atoms with Crippen LogP contribution >= 0.6 is 11.6 Å². The van der Waals surface area contributed by atoms with Crippen LogP contribution in [0, 0.1) is 11.8 Å². The number of hydrogen-bond acceptors (Lipinski definition) is 0. The maximum absolute atomic E-state index is 12.3. The molecule has 1 atom stereocenters. The molecule has 1 aliphatic carbocycles. The van der Waals surface area contributed by atoms with E-state index in [4.69, 9.17) is 11.6 Å². The van der Waals surface area contributed by atoms with Crippen molar-refractivity contribution in [3.8, 4) is 0 Å². The van der Waals surface area contributed by atoms with Gasteiger partial charge in [-0.1, -0.05) is 0 Å². The van der Waals surface area contributed by atoms with E-state index in [1.165, 1.54) is 6.42 Å². The highest BCUT2D eigenvalue weighted by molar-refractivity contribution is 6.26. The lowest BCUT2D eigenvalue weighted by Crippen LogP contribution is -2.58. The highest BCUT2D eigenvalue weighted by atomic mass is 35.5. The highest BCUT2D eigenvalue weighted by Gasteiger charge is 2.59. The minimum Gasteiger partial charge on any atom is -0.250 e. The van der Waals surface area contributed by atoms with E-state index in [0.717, 1.165) is 0 Å². The largest absolute Gasteiger partial charge is 0.250 e. The summed E-state index contributed by atoms with van der Waals surface area (Å²) >= 11 is 5.60. The molecule has 0 saturated heterocycles. The van der Waals surface area contributed by atoms with Gasteiger partial charge in [0, 0.05) is 5.41 Å². The van der Waals surface area contributed by atoms with E-state index >= 15 is 0 Å². The number of hydrogen-bond donors (Lipinski definition) is 0. The molecule has 0 aromatic carbocycles. The lowest BCUT2D eigenvalue weighted by atomic mass is 9.61. The predicted octanol–water partition coefficient (Wildman–Crippen LogP) is 2.47. The Labute approximate surface area is 68.7 Å². The third-order valence-corrected chi connectivity index (χ3v) is 3.06. The zero-order valence-electron chi connectivity index (χ0n) is 5.92. The Balaban J connectivity index is 2.70. The Kier molecular flexibility index (Phi) is 2.37. The van der Waals surface area contributed by atoms with Crippen molar-refractivity contribution in [2.45, 2.75) is 11.3 Å². The molecular formula is C7H9ClF3. The van der Waals surface area contributed by atoms with Gasteiger partial charge < -0.3 is 0 Å². The third-order valence-electron chi connectivity index (χ3n) is 2.40. The number of rotatable bonds is 3. The van der Waals surface area contributed by atoms with Crippen LogP contribution in [0.4, 0.5) is 13.2 Å². The van der Waals surface area contributed by atoms with Gasteiger partial charge in [-0.05, 0) is 12.8 Å². The molecule has 1 rings (SSSR count). The zero-order valence-corrected chi connectivity index (χ0v) is 6.67. The Morgan fingerprint density at radius 1 is 1.18 bits per heavy atom. The molecule has 1 aliphatic rings. The molecule has 1 saturated carbocycles. The van der Waals surface area contributed by atoms with Crippen LogP contribution in [0.3, 0.4) is 0 Å². The molecule has 1 fully saturated rings. The first-order valence-electron chi connectivity index (χ1n) is 3.35. The van der Waals surface area contributed by atoms with Crippen LogP contribution in [-0.2, 0) is 0 Å². The van der Waals surface area contributed by atoms with E-state index in [1.54, 1.807) is 0 Å². The van der Waals surface area contributed by atoms with E-state index in [2.05, 4.69) is 0 Å². The summed E-state index contributed by atoms with van der Waals surface area (Å²) in [6, 6.07) is 0. The molecule has 4 heteroatoms. The monoisotopic (exact) mass is 185 g/mol. The van der Waals surface area contributed by atoms with E-state index in [-0.39, 0.29) is 6.42 Å². The average Bonchev–Trinajstić information content (AvgIpc) is 2.04. The first-order chi connectivity index (χ1) is 5.14. The predicted molar refractivity (Wildman–Crippen MR) is 37.9 cm³/mol. The van der Waals surface area contributed by atoms with Gasteiger partial charge in [-0.25, -0.2) is 4.39 Å². The summed E-state index contributed by atoms with van der Waals surface area (Å²) in [7, 11) is 0. The van der Waals surface area contributed by atoms with Crippen molar-refractivity contribution in [2.24, 2.45) is 5.41 Å². The van der Waals surface area contributed by atoms with Gasteiger partial charge in [0.15, 0.2) is 0 Å². The molecule has 0 heterocycles. The quantitative estimate of drug-likeness (QED) is 0.593. The number of alkyl halides is 4. The van der Waals surface area contributed by atoms with Crippen molar-refractivity contribution in [1.29, 1.82) is 0 Å². The van der Waals surface area contributed by atoms with Gasteiger partial charge in [-0.2, -0.15) is 0 Å². The molecule has 11 heavy (non-hydrogen) atoms. The second-order valence-corrected chi connectivity index (χ2v) is 3.63. The topological polar surface area (TPSA) is 0 Å². The second kappa shape index (κ2) is 2.85. The fraction of sp³-hybridized carbons (Fsp3) is 0.857. The molecule has 0 aromatic rings. The SMILES string of the molecule is FCC1(Cl)[CH]CC1(CF)CF. The van der Waals surface area contributed by atoms with Gasteiger partial charge in [0.05, 0.1) is 18.2 Å². The Morgan fingerprint density at radius 3 is 1.82 bits per heavy atom. The molecule has 0 spiro atoms. The summed E-state index contributed by atoms with van der Waals surface area (Å²) in [4.78, 5) is -1.39. The van der Waals surface area contributed by atoms with Crippen molar-refractivity contribution in [3.63, 3.8) is 0 Å². The van der Waals surface area contributed by atoms with Gasteiger partial charge in [-0.3, -0.25) is 8.78 Å². The van der Waals surface area contributed by atoms with Gasteiger partial charge >= 0.3 is 0 Å². The molecule has 0 nitrogen and oxygen atoms in total. The van der Waals surface area contributed by atoms with Crippen LogP contribution in [0.5, 0.6) is 0 Å². The van der Waals surface area contributed by atoms with Crippen LogP contribution in [-0.4, -0.2) is 24.9 Å². The standard InChI is InChI=1S/C7H9ClF3/c8-7(5-11)2-1-6(7,3-9)4-10/h2H,1,3-5H2. The van der Waals surface area contributed by atoms with Crippen molar-refractivity contribution in [1.82, 2.24) is 0 Å². The molecule has 1 unspecified atom stereocenters. The molecule has 1 radical (unpaired) electrons. The maximum Gasteiger partial charge on any atom is 0.110 e. The van der Waals surface area contributed by atoms with Gasteiger partial charge in [0.1, 0.15) is 6.67 Å². The molecule has 0 N–H and O–H groups in total. The van der Waals surface area contributed by atoms with E-state index in [1.807, 2.05) is 0 Å². The molecular weight excluding hydrogens is 177 g/mol.